The number of amides is 1. The zero-order valence-electron chi connectivity index (χ0n) is 15.3. The number of hydrogen-bond acceptors (Lipinski definition) is 5. The molecule has 0 spiro atoms. The Morgan fingerprint density at radius 1 is 1.48 bits per heavy atom. The first kappa shape index (κ1) is 18.8. The number of rotatable bonds is 7. The lowest BCUT2D eigenvalue weighted by atomic mass is 9.88. The summed E-state index contributed by atoms with van der Waals surface area (Å²) < 4.78 is 5.38. The molecule has 2 saturated heterocycles. The second-order valence-electron chi connectivity index (χ2n) is 7.26. The maximum Gasteiger partial charge on any atom is 0.264 e. The first-order chi connectivity index (χ1) is 12.2. The molecule has 3 heterocycles. The third kappa shape index (κ3) is 3.92. The van der Waals surface area contributed by atoms with Gasteiger partial charge in [-0.3, -0.25) is 9.69 Å². The van der Waals surface area contributed by atoms with Crippen LogP contribution in [0.4, 0.5) is 0 Å². The lowest BCUT2D eigenvalue weighted by Crippen LogP contribution is -2.45. The van der Waals surface area contributed by atoms with Gasteiger partial charge in [-0.2, -0.15) is 0 Å². The molecule has 25 heavy (non-hydrogen) atoms. The van der Waals surface area contributed by atoms with Crippen molar-refractivity contribution >= 4 is 17.2 Å². The molecule has 2 aliphatic rings. The van der Waals surface area contributed by atoms with Crippen LogP contribution in [-0.2, 0) is 4.74 Å². The highest BCUT2D eigenvalue weighted by Crippen LogP contribution is 2.35. The van der Waals surface area contributed by atoms with E-state index in [0.717, 1.165) is 37.5 Å². The summed E-state index contributed by atoms with van der Waals surface area (Å²) >= 11 is 1.48. The Morgan fingerprint density at radius 2 is 2.32 bits per heavy atom. The van der Waals surface area contributed by atoms with E-state index in [4.69, 9.17) is 4.74 Å². The van der Waals surface area contributed by atoms with Crippen LogP contribution in [0.15, 0.2) is 17.5 Å². The Hall–Kier alpha value is -0.950. The summed E-state index contributed by atoms with van der Waals surface area (Å²) in [6, 6.07) is 4.19. The largest absolute Gasteiger partial charge is 0.394 e. The highest BCUT2D eigenvalue weighted by Gasteiger charge is 2.44. The third-order valence-electron chi connectivity index (χ3n) is 5.94. The zero-order valence-corrected chi connectivity index (χ0v) is 16.1. The molecule has 5 nitrogen and oxygen atoms in total. The molecule has 0 radical (unpaired) electrons. The minimum Gasteiger partial charge on any atom is -0.394 e. The van der Waals surface area contributed by atoms with Crippen LogP contribution in [0.5, 0.6) is 0 Å². The maximum absolute atomic E-state index is 12.9. The topological polar surface area (TPSA) is 53.0 Å². The van der Waals surface area contributed by atoms with E-state index < -0.39 is 0 Å². The molecular formula is C19H30N2O3S. The van der Waals surface area contributed by atoms with Crippen molar-refractivity contribution in [2.75, 3.05) is 40.0 Å². The molecule has 2 fully saturated rings. The number of hydrogen-bond donors (Lipinski definition) is 1. The first-order valence-corrected chi connectivity index (χ1v) is 10.3. The number of methoxy groups -OCH3 is 1. The van der Waals surface area contributed by atoms with Gasteiger partial charge in [0.2, 0.25) is 0 Å². The van der Waals surface area contributed by atoms with Gasteiger partial charge in [0, 0.05) is 26.2 Å². The van der Waals surface area contributed by atoms with Crippen molar-refractivity contribution in [1.29, 1.82) is 0 Å². The van der Waals surface area contributed by atoms with Crippen LogP contribution in [0.1, 0.15) is 35.9 Å². The van der Waals surface area contributed by atoms with E-state index in [0.29, 0.717) is 17.9 Å². The van der Waals surface area contributed by atoms with Crippen molar-refractivity contribution in [2.45, 2.75) is 38.3 Å². The van der Waals surface area contributed by atoms with Crippen LogP contribution in [0.2, 0.25) is 0 Å². The average Bonchev–Trinajstić information content (AvgIpc) is 3.35. The highest BCUT2D eigenvalue weighted by atomic mass is 32.1. The van der Waals surface area contributed by atoms with Gasteiger partial charge in [0.15, 0.2) is 0 Å². The number of aliphatic hydroxyl groups is 1. The molecule has 1 aromatic rings. The quantitative estimate of drug-likeness (QED) is 0.805. The van der Waals surface area contributed by atoms with Crippen LogP contribution in [0, 0.1) is 11.8 Å². The summed E-state index contributed by atoms with van der Waals surface area (Å²) in [4.78, 5) is 18.1. The molecule has 0 saturated carbocycles. The number of carbonyl (C=O) groups excluding carboxylic acids is 1. The molecule has 0 bridgehead atoms. The predicted molar refractivity (Wildman–Crippen MR) is 100.0 cm³/mol. The predicted octanol–water partition coefficient (Wildman–Crippen LogP) is 2.32. The van der Waals surface area contributed by atoms with Crippen LogP contribution in [0.25, 0.3) is 0 Å². The number of carbonyl (C=O) groups is 1. The standard InChI is InChI=1S/C19H30N2O3S/c1-3-14-10-21(19(23)18-7-5-9-25-18)17(12-22)16(14)11-20-8-4-6-15(20)13-24-2/h5,7,9,14-17,22H,3-4,6,8,10-13H2,1-2H3/t14-,15-,16-,17-/m1/s1. The zero-order chi connectivity index (χ0) is 17.8. The van der Waals surface area contributed by atoms with Gasteiger partial charge in [-0.25, -0.2) is 0 Å². The second kappa shape index (κ2) is 8.62. The second-order valence-corrected chi connectivity index (χ2v) is 8.21. The van der Waals surface area contributed by atoms with E-state index in [9.17, 15) is 9.90 Å². The molecule has 3 rings (SSSR count). The van der Waals surface area contributed by atoms with Crippen molar-refractivity contribution in [3.05, 3.63) is 22.4 Å². The molecule has 0 unspecified atom stereocenters. The number of nitrogens with zero attached hydrogens (tertiary/aromatic N) is 2. The monoisotopic (exact) mass is 366 g/mol. The summed E-state index contributed by atoms with van der Waals surface area (Å²) in [6.07, 6.45) is 3.43. The van der Waals surface area contributed by atoms with Crippen LogP contribution < -0.4 is 0 Å². The van der Waals surface area contributed by atoms with Crippen molar-refractivity contribution < 1.29 is 14.6 Å². The van der Waals surface area contributed by atoms with Crippen LogP contribution in [-0.4, -0.2) is 72.9 Å². The summed E-state index contributed by atoms with van der Waals surface area (Å²) in [5, 5.41) is 12.0. The van der Waals surface area contributed by atoms with E-state index in [1.807, 2.05) is 22.4 Å². The highest BCUT2D eigenvalue weighted by molar-refractivity contribution is 7.12. The van der Waals surface area contributed by atoms with Gasteiger partial charge in [0.25, 0.3) is 5.91 Å². The fraction of sp³-hybridized carbons (Fsp3) is 0.737. The number of likely N-dealkylation sites (tertiary alicyclic amines) is 2. The molecule has 140 valence electrons. The van der Waals surface area contributed by atoms with Crippen molar-refractivity contribution in [3.8, 4) is 0 Å². The summed E-state index contributed by atoms with van der Waals surface area (Å²) in [6.45, 7) is 5.81. The van der Waals surface area contributed by atoms with Crippen molar-refractivity contribution in [2.24, 2.45) is 11.8 Å². The van der Waals surface area contributed by atoms with E-state index in [1.54, 1.807) is 7.11 Å². The molecule has 0 aromatic carbocycles. The summed E-state index contributed by atoms with van der Waals surface area (Å²) in [5.41, 5.74) is 0. The molecule has 2 aliphatic heterocycles. The molecule has 1 aromatic heterocycles. The Balaban J connectivity index is 1.74. The molecule has 4 atom stereocenters. The van der Waals surface area contributed by atoms with Crippen molar-refractivity contribution in [1.82, 2.24) is 9.80 Å². The van der Waals surface area contributed by atoms with E-state index in [1.165, 1.54) is 24.2 Å². The lowest BCUT2D eigenvalue weighted by molar-refractivity contribution is 0.0582. The Kier molecular flexibility index (Phi) is 6.49. The van der Waals surface area contributed by atoms with E-state index in [-0.39, 0.29) is 18.6 Å². The van der Waals surface area contributed by atoms with E-state index >= 15 is 0 Å². The first-order valence-electron chi connectivity index (χ1n) is 9.37. The Bertz CT molecular complexity index is 551. The normalized spacial score (nSPS) is 30.3. The molecular weight excluding hydrogens is 336 g/mol. The fourth-order valence-electron chi connectivity index (χ4n) is 4.57. The number of aliphatic hydroxyl groups excluding tert-OH is 1. The number of ether oxygens (including phenoxy) is 1. The van der Waals surface area contributed by atoms with Gasteiger partial charge in [-0.1, -0.05) is 19.4 Å². The SMILES string of the molecule is CC[C@@H]1CN(C(=O)c2cccs2)[C@H](CO)[C@@H]1CN1CCC[C@@H]1COC. The minimum absolute atomic E-state index is 0.0427. The Morgan fingerprint density at radius 3 is 2.96 bits per heavy atom. The van der Waals surface area contributed by atoms with Crippen LogP contribution >= 0.6 is 11.3 Å². The summed E-state index contributed by atoms with van der Waals surface area (Å²) in [7, 11) is 1.76. The van der Waals surface area contributed by atoms with Crippen molar-refractivity contribution in [3.63, 3.8) is 0 Å². The third-order valence-corrected chi connectivity index (χ3v) is 6.80. The fourth-order valence-corrected chi connectivity index (χ4v) is 5.25. The van der Waals surface area contributed by atoms with Gasteiger partial charge in [0.1, 0.15) is 0 Å². The van der Waals surface area contributed by atoms with Gasteiger partial charge in [-0.15, -0.1) is 11.3 Å². The molecule has 0 aliphatic carbocycles. The number of thiophene rings is 1. The minimum atomic E-state index is -0.0802. The Labute approximate surface area is 154 Å². The summed E-state index contributed by atoms with van der Waals surface area (Å²) in [5.74, 6) is 0.853. The van der Waals surface area contributed by atoms with Gasteiger partial charge < -0.3 is 14.7 Å². The smallest absolute Gasteiger partial charge is 0.264 e. The molecule has 1 N–H and O–H groups in total. The maximum atomic E-state index is 12.9. The van der Waals surface area contributed by atoms with Crippen LogP contribution in [0.3, 0.4) is 0 Å². The lowest BCUT2D eigenvalue weighted by Gasteiger charge is -2.32. The molecule has 6 heteroatoms. The van der Waals surface area contributed by atoms with Gasteiger partial charge in [0.05, 0.1) is 24.1 Å². The van der Waals surface area contributed by atoms with Gasteiger partial charge in [-0.05, 0) is 42.7 Å². The van der Waals surface area contributed by atoms with Gasteiger partial charge >= 0.3 is 0 Å². The molecule has 1 amide bonds. The van der Waals surface area contributed by atoms with E-state index in [2.05, 4.69) is 11.8 Å². The average molecular weight is 367 g/mol.